The SMILES string of the molecule is C[Si]1(C)c2cc3ccccc3cc2-c2nc(-c3ccccc3)nc(-c3cccc(-c4ccccc4)c3)c21. The van der Waals surface area contributed by atoms with Crippen LogP contribution in [0.3, 0.4) is 0 Å². The molecule has 7 rings (SSSR count). The van der Waals surface area contributed by atoms with Crippen LogP contribution in [0.1, 0.15) is 0 Å². The summed E-state index contributed by atoms with van der Waals surface area (Å²) < 4.78 is 0. The largest absolute Gasteiger partial charge is 0.228 e. The van der Waals surface area contributed by atoms with Crippen molar-refractivity contribution in [2.45, 2.75) is 13.1 Å². The first-order valence-electron chi connectivity index (χ1n) is 12.8. The van der Waals surface area contributed by atoms with Crippen molar-refractivity contribution in [3.8, 4) is 45.0 Å². The van der Waals surface area contributed by atoms with Gasteiger partial charge in [-0.15, -0.1) is 0 Å². The molecule has 0 amide bonds. The first kappa shape index (κ1) is 21.9. The third-order valence-electron chi connectivity index (χ3n) is 7.62. The fraction of sp³-hybridized carbons (Fsp3) is 0.0588. The van der Waals surface area contributed by atoms with E-state index in [9.17, 15) is 0 Å². The average molecular weight is 491 g/mol. The van der Waals surface area contributed by atoms with Gasteiger partial charge in [-0.05, 0) is 44.4 Å². The summed E-state index contributed by atoms with van der Waals surface area (Å²) in [6, 6.07) is 43.2. The Kier molecular flexibility index (Phi) is 4.95. The van der Waals surface area contributed by atoms with E-state index in [2.05, 4.69) is 128 Å². The lowest BCUT2D eigenvalue weighted by Crippen LogP contribution is -2.50. The Balaban J connectivity index is 1.53. The maximum Gasteiger partial charge on any atom is 0.160 e. The zero-order valence-electron chi connectivity index (χ0n) is 20.9. The van der Waals surface area contributed by atoms with Crippen molar-refractivity contribution in [2.75, 3.05) is 0 Å². The lowest BCUT2D eigenvalue weighted by Gasteiger charge is -2.22. The predicted octanol–water partition coefficient (Wildman–Crippen LogP) is 7.43. The average Bonchev–Trinajstić information content (AvgIpc) is 3.18. The van der Waals surface area contributed by atoms with Crippen LogP contribution in [0.4, 0.5) is 0 Å². The highest BCUT2D eigenvalue weighted by atomic mass is 28.3. The van der Waals surface area contributed by atoms with Crippen LogP contribution in [0.2, 0.25) is 13.1 Å². The lowest BCUT2D eigenvalue weighted by molar-refractivity contribution is 1.20. The molecule has 0 bridgehead atoms. The van der Waals surface area contributed by atoms with Crippen LogP contribution in [-0.2, 0) is 0 Å². The molecule has 176 valence electrons. The minimum Gasteiger partial charge on any atom is -0.228 e. The van der Waals surface area contributed by atoms with Crippen LogP contribution in [0.25, 0.3) is 55.8 Å². The molecule has 0 saturated carbocycles. The quantitative estimate of drug-likeness (QED) is 0.241. The molecule has 5 aromatic carbocycles. The van der Waals surface area contributed by atoms with E-state index in [-0.39, 0.29) is 0 Å². The second-order valence-corrected chi connectivity index (χ2v) is 14.6. The fourth-order valence-electron chi connectivity index (χ4n) is 5.74. The van der Waals surface area contributed by atoms with Gasteiger partial charge in [0.25, 0.3) is 0 Å². The Morgan fingerprint density at radius 2 is 1.05 bits per heavy atom. The van der Waals surface area contributed by atoms with Gasteiger partial charge in [-0.3, -0.25) is 0 Å². The highest BCUT2D eigenvalue weighted by molar-refractivity contribution is 7.04. The maximum atomic E-state index is 5.29. The van der Waals surface area contributed by atoms with E-state index in [1.54, 1.807) is 0 Å². The van der Waals surface area contributed by atoms with Gasteiger partial charge in [0.1, 0.15) is 8.07 Å². The van der Waals surface area contributed by atoms with Gasteiger partial charge in [-0.2, -0.15) is 0 Å². The van der Waals surface area contributed by atoms with E-state index in [0.717, 1.165) is 28.3 Å². The van der Waals surface area contributed by atoms with Gasteiger partial charge in [-0.25, -0.2) is 9.97 Å². The third kappa shape index (κ3) is 3.54. The lowest BCUT2D eigenvalue weighted by atomic mass is 10.00. The van der Waals surface area contributed by atoms with Crippen molar-refractivity contribution >= 4 is 29.2 Å². The van der Waals surface area contributed by atoms with Gasteiger partial charge in [-0.1, -0.05) is 122 Å². The first-order valence-corrected chi connectivity index (χ1v) is 15.8. The Labute approximate surface area is 218 Å². The number of rotatable bonds is 3. The molecular formula is C34H26N2Si. The summed E-state index contributed by atoms with van der Waals surface area (Å²) in [5.41, 5.74) is 8.04. The molecule has 0 N–H and O–H groups in total. The second kappa shape index (κ2) is 8.36. The standard InChI is InChI=1S/C34H26N2Si/c1-37(2)30-22-27-17-10-9-16-26(27)21-29(30)32-33(37)31(35-34(36-32)24-14-7-4-8-15-24)28-19-11-18-25(20-28)23-12-5-3-6-13-23/h3-22H,1-2H3. The molecule has 0 fully saturated rings. The number of nitrogens with zero attached hydrogens (tertiary/aromatic N) is 2. The van der Waals surface area contributed by atoms with Crippen LogP contribution in [0.15, 0.2) is 121 Å². The number of fused-ring (bicyclic) bond motifs is 4. The van der Waals surface area contributed by atoms with Crippen molar-refractivity contribution in [1.29, 1.82) is 0 Å². The van der Waals surface area contributed by atoms with Gasteiger partial charge >= 0.3 is 0 Å². The van der Waals surface area contributed by atoms with Gasteiger partial charge in [0, 0.05) is 16.7 Å². The monoisotopic (exact) mass is 490 g/mol. The molecule has 0 atom stereocenters. The molecule has 3 heteroatoms. The third-order valence-corrected chi connectivity index (χ3v) is 11.1. The summed E-state index contributed by atoms with van der Waals surface area (Å²) in [5.74, 6) is 0.783. The summed E-state index contributed by atoms with van der Waals surface area (Å²) in [6.45, 7) is 4.89. The summed E-state index contributed by atoms with van der Waals surface area (Å²) in [4.78, 5) is 10.5. The predicted molar refractivity (Wildman–Crippen MR) is 158 cm³/mol. The van der Waals surface area contributed by atoms with E-state index in [1.807, 2.05) is 6.07 Å². The molecule has 0 spiro atoms. The molecular weight excluding hydrogens is 464 g/mol. The Bertz CT molecular complexity index is 1790. The minimum atomic E-state index is -2.07. The van der Waals surface area contributed by atoms with Crippen molar-refractivity contribution < 1.29 is 0 Å². The van der Waals surface area contributed by atoms with Crippen molar-refractivity contribution in [2.24, 2.45) is 0 Å². The van der Waals surface area contributed by atoms with Gasteiger partial charge < -0.3 is 0 Å². The number of hydrogen-bond acceptors (Lipinski definition) is 2. The molecule has 1 aliphatic rings. The molecule has 0 aliphatic carbocycles. The van der Waals surface area contributed by atoms with Crippen LogP contribution in [0.5, 0.6) is 0 Å². The topological polar surface area (TPSA) is 25.8 Å². The summed E-state index contributed by atoms with van der Waals surface area (Å²) >= 11 is 0. The van der Waals surface area contributed by atoms with Crippen LogP contribution < -0.4 is 10.4 Å². The maximum absolute atomic E-state index is 5.29. The molecule has 2 heterocycles. The molecule has 0 radical (unpaired) electrons. The van der Waals surface area contributed by atoms with Crippen molar-refractivity contribution in [1.82, 2.24) is 9.97 Å². The summed E-state index contributed by atoms with van der Waals surface area (Å²) in [6.07, 6.45) is 0. The molecule has 0 unspecified atom stereocenters. The molecule has 0 saturated heterocycles. The first-order chi connectivity index (χ1) is 18.1. The highest BCUT2D eigenvalue weighted by Crippen LogP contribution is 2.36. The molecule has 1 aliphatic heterocycles. The summed E-state index contributed by atoms with van der Waals surface area (Å²) in [7, 11) is -2.07. The fourth-order valence-corrected chi connectivity index (χ4v) is 8.96. The normalized spacial score (nSPS) is 13.4. The Morgan fingerprint density at radius 1 is 0.486 bits per heavy atom. The van der Waals surface area contributed by atoms with E-state index in [4.69, 9.17) is 9.97 Å². The highest BCUT2D eigenvalue weighted by Gasteiger charge is 2.42. The van der Waals surface area contributed by atoms with E-state index < -0.39 is 8.07 Å². The summed E-state index contributed by atoms with van der Waals surface area (Å²) in [5, 5.41) is 5.33. The molecule has 6 aromatic rings. The smallest absolute Gasteiger partial charge is 0.160 e. The molecule has 2 nitrogen and oxygen atoms in total. The van der Waals surface area contributed by atoms with E-state index in [0.29, 0.717) is 0 Å². The van der Waals surface area contributed by atoms with Gasteiger partial charge in [0.05, 0.1) is 11.4 Å². The molecule has 1 aromatic heterocycles. The number of hydrogen-bond donors (Lipinski definition) is 0. The zero-order chi connectivity index (χ0) is 25.0. The van der Waals surface area contributed by atoms with Gasteiger partial charge in [0.2, 0.25) is 0 Å². The van der Waals surface area contributed by atoms with Crippen molar-refractivity contribution in [3.63, 3.8) is 0 Å². The Hall–Kier alpha value is -4.34. The van der Waals surface area contributed by atoms with E-state index >= 15 is 0 Å². The zero-order valence-corrected chi connectivity index (χ0v) is 21.9. The van der Waals surface area contributed by atoms with Crippen LogP contribution in [0, 0.1) is 0 Å². The van der Waals surface area contributed by atoms with Crippen molar-refractivity contribution in [3.05, 3.63) is 121 Å². The second-order valence-electron chi connectivity index (χ2n) is 10.3. The van der Waals surface area contributed by atoms with Gasteiger partial charge in [0.15, 0.2) is 5.82 Å². The minimum absolute atomic E-state index is 0.783. The van der Waals surface area contributed by atoms with Crippen LogP contribution in [-0.4, -0.2) is 18.0 Å². The Morgan fingerprint density at radius 3 is 1.78 bits per heavy atom. The van der Waals surface area contributed by atoms with E-state index in [1.165, 1.54) is 37.8 Å². The van der Waals surface area contributed by atoms with Crippen LogP contribution >= 0.6 is 0 Å². The number of benzene rings is 5. The number of aromatic nitrogens is 2. The molecule has 37 heavy (non-hydrogen) atoms.